The van der Waals surface area contributed by atoms with Crippen molar-refractivity contribution in [1.29, 1.82) is 0 Å². The lowest BCUT2D eigenvalue weighted by Gasteiger charge is -2.09. The third kappa shape index (κ3) is 3.82. The minimum atomic E-state index is -0.472. The Bertz CT molecular complexity index is 458. The number of nitrogens with two attached hydrogens (primary N) is 1. The molecular weight excluding hydrogens is 216 g/mol. The monoisotopic (exact) mass is 232 g/mol. The van der Waals surface area contributed by atoms with Crippen molar-refractivity contribution in [2.45, 2.75) is 13.3 Å². The summed E-state index contributed by atoms with van der Waals surface area (Å²) in [5.74, 6) is 5.75. The molecule has 0 heterocycles. The summed E-state index contributed by atoms with van der Waals surface area (Å²) in [6.45, 7) is 2.35. The summed E-state index contributed by atoms with van der Waals surface area (Å²) in [6.07, 6.45) is 0.331. The van der Waals surface area contributed by atoms with Gasteiger partial charge in [0.2, 0.25) is 0 Å². The standard InChI is InChI=1S/C13H16N2O2/c1-3-11-9-10(5-4-8-14)6-7-12(11)15-13(16)17-2/h6-7,9H,3,8,14H2,1-2H3,(H,15,16). The van der Waals surface area contributed by atoms with Crippen LogP contribution >= 0.6 is 0 Å². The first-order valence-electron chi connectivity index (χ1n) is 5.38. The zero-order valence-corrected chi connectivity index (χ0v) is 10.0. The first kappa shape index (κ1) is 13.1. The Morgan fingerprint density at radius 1 is 1.53 bits per heavy atom. The molecule has 1 rings (SSSR count). The molecule has 0 aromatic heterocycles. The van der Waals surface area contributed by atoms with Gasteiger partial charge in [0, 0.05) is 11.3 Å². The fourth-order valence-corrected chi connectivity index (χ4v) is 1.40. The Kier molecular flexibility index (Phi) is 5.05. The van der Waals surface area contributed by atoms with Crippen molar-refractivity contribution in [2.24, 2.45) is 5.73 Å². The van der Waals surface area contributed by atoms with Crippen molar-refractivity contribution in [3.8, 4) is 11.8 Å². The van der Waals surface area contributed by atoms with Crippen molar-refractivity contribution in [3.05, 3.63) is 29.3 Å². The predicted octanol–water partition coefficient (Wildman–Crippen LogP) is 1.74. The van der Waals surface area contributed by atoms with Crippen LogP contribution in [0.15, 0.2) is 18.2 Å². The van der Waals surface area contributed by atoms with E-state index in [9.17, 15) is 4.79 Å². The van der Waals surface area contributed by atoms with Crippen molar-refractivity contribution < 1.29 is 9.53 Å². The first-order valence-corrected chi connectivity index (χ1v) is 5.38. The van der Waals surface area contributed by atoms with Gasteiger partial charge in [-0.2, -0.15) is 0 Å². The Labute approximate surface area is 101 Å². The zero-order valence-electron chi connectivity index (χ0n) is 10.0. The molecule has 3 N–H and O–H groups in total. The Morgan fingerprint density at radius 3 is 2.88 bits per heavy atom. The highest BCUT2D eigenvalue weighted by atomic mass is 16.5. The van der Waals surface area contributed by atoms with E-state index in [0.29, 0.717) is 6.54 Å². The smallest absolute Gasteiger partial charge is 0.411 e. The Morgan fingerprint density at radius 2 is 2.29 bits per heavy atom. The third-order valence-corrected chi connectivity index (χ3v) is 2.24. The number of rotatable bonds is 2. The van der Waals surface area contributed by atoms with Gasteiger partial charge >= 0.3 is 6.09 Å². The van der Waals surface area contributed by atoms with E-state index in [4.69, 9.17) is 5.73 Å². The van der Waals surface area contributed by atoms with Gasteiger partial charge in [-0.05, 0) is 30.2 Å². The van der Waals surface area contributed by atoms with Crippen LogP contribution in [-0.4, -0.2) is 19.7 Å². The summed E-state index contributed by atoms with van der Waals surface area (Å²) in [7, 11) is 1.34. The highest BCUT2D eigenvalue weighted by molar-refractivity contribution is 5.85. The minimum absolute atomic E-state index is 0.337. The lowest BCUT2D eigenvalue weighted by molar-refractivity contribution is 0.187. The molecule has 90 valence electrons. The quantitative estimate of drug-likeness (QED) is 0.763. The molecule has 1 aromatic rings. The fourth-order valence-electron chi connectivity index (χ4n) is 1.40. The zero-order chi connectivity index (χ0) is 12.7. The number of hydrogen-bond donors (Lipinski definition) is 2. The molecule has 4 heteroatoms. The molecule has 0 saturated heterocycles. The fraction of sp³-hybridized carbons (Fsp3) is 0.308. The maximum atomic E-state index is 11.1. The molecule has 1 amide bonds. The average molecular weight is 232 g/mol. The van der Waals surface area contributed by atoms with E-state index >= 15 is 0 Å². The number of nitrogens with one attached hydrogen (secondary N) is 1. The van der Waals surface area contributed by atoms with E-state index in [1.54, 1.807) is 0 Å². The summed E-state index contributed by atoms with van der Waals surface area (Å²) in [5, 5.41) is 2.66. The Balaban J connectivity index is 2.96. The summed E-state index contributed by atoms with van der Waals surface area (Å²) in [4.78, 5) is 11.1. The van der Waals surface area contributed by atoms with Crippen LogP contribution in [0.3, 0.4) is 0 Å². The highest BCUT2D eigenvalue weighted by Gasteiger charge is 2.05. The molecule has 0 aliphatic carbocycles. The largest absolute Gasteiger partial charge is 0.453 e. The molecule has 0 bridgehead atoms. The maximum Gasteiger partial charge on any atom is 0.411 e. The van der Waals surface area contributed by atoms with Crippen molar-refractivity contribution >= 4 is 11.8 Å². The molecule has 0 spiro atoms. The molecule has 17 heavy (non-hydrogen) atoms. The number of benzene rings is 1. The molecule has 0 aliphatic heterocycles. The van der Waals surface area contributed by atoms with E-state index in [2.05, 4.69) is 21.9 Å². The number of hydrogen-bond acceptors (Lipinski definition) is 3. The van der Waals surface area contributed by atoms with Gasteiger partial charge in [0.15, 0.2) is 0 Å². The van der Waals surface area contributed by atoms with E-state index in [1.165, 1.54) is 7.11 Å². The number of ether oxygens (including phenoxy) is 1. The number of carbonyl (C=O) groups excluding carboxylic acids is 1. The lowest BCUT2D eigenvalue weighted by Crippen LogP contribution is -2.12. The third-order valence-electron chi connectivity index (χ3n) is 2.24. The molecular formula is C13H16N2O2. The van der Waals surface area contributed by atoms with Crippen molar-refractivity contribution in [2.75, 3.05) is 19.0 Å². The molecule has 0 unspecified atom stereocenters. The summed E-state index contributed by atoms with van der Waals surface area (Å²) < 4.78 is 4.55. The van der Waals surface area contributed by atoms with Gasteiger partial charge < -0.3 is 10.5 Å². The van der Waals surface area contributed by atoms with Crippen LogP contribution in [-0.2, 0) is 11.2 Å². The molecule has 0 aliphatic rings. The topological polar surface area (TPSA) is 64.3 Å². The van der Waals surface area contributed by atoms with Crippen LogP contribution in [0.25, 0.3) is 0 Å². The Hall–Kier alpha value is -1.99. The normalized spacial score (nSPS) is 9.12. The van der Waals surface area contributed by atoms with Crippen molar-refractivity contribution in [1.82, 2.24) is 0 Å². The average Bonchev–Trinajstić information content (AvgIpc) is 2.37. The number of carbonyl (C=O) groups is 1. The molecule has 0 fully saturated rings. The van der Waals surface area contributed by atoms with Crippen LogP contribution in [0.4, 0.5) is 10.5 Å². The minimum Gasteiger partial charge on any atom is -0.453 e. The first-order chi connectivity index (χ1) is 8.21. The van der Waals surface area contributed by atoms with Crippen LogP contribution in [0, 0.1) is 11.8 Å². The second kappa shape index (κ2) is 6.56. The van der Waals surface area contributed by atoms with Gasteiger partial charge in [0.1, 0.15) is 0 Å². The lowest BCUT2D eigenvalue weighted by atomic mass is 10.1. The number of amides is 1. The summed E-state index contributed by atoms with van der Waals surface area (Å²) >= 11 is 0. The van der Waals surface area contributed by atoms with Crippen molar-refractivity contribution in [3.63, 3.8) is 0 Å². The molecule has 4 nitrogen and oxygen atoms in total. The van der Waals surface area contributed by atoms with E-state index in [0.717, 1.165) is 23.2 Å². The van der Waals surface area contributed by atoms with Crippen LogP contribution < -0.4 is 11.1 Å². The molecule has 0 radical (unpaired) electrons. The van der Waals surface area contributed by atoms with Gasteiger partial charge in [-0.15, -0.1) is 0 Å². The van der Waals surface area contributed by atoms with E-state index in [-0.39, 0.29) is 0 Å². The maximum absolute atomic E-state index is 11.1. The van der Waals surface area contributed by atoms with Gasteiger partial charge in [-0.25, -0.2) is 4.79 Å². The van der Waals surface area contributed by atoms with E-state index in [1.807, 2.05) is 25.1 Å². The number of methoxy groups -OCH3 is 1. The predicted molar refractivity (Wildman–Crippen MR) is 67.8 cm³/mol. The molecule has 1 aromatic carbocycles. The number of aryl methyl sites for hydroxylation is 1. The van der Waals surface area contributed by atoms with Crippen LogP contribution in [0.1, 0.15) is 18.1 Å². The second-order valence-electron chi connectivity index (χ2n) is 3.35. The van der Waals surface area contributed by atoms with Crippen LogP contribution in [0.2, 0.25) is 0 Å². The van der Waals surface area contributed by atoms with Gasteiger partial charge in [-0.1, -0.05) is 18.8 Å². The van der Waals surface area contributed by atoms with Gasteiger partial charge in [-0.3, -0.25) is 5.32 Å². The number of anilines is 1. The highest BCUT2D eigenvalue weighted by Crippen LogP contribution is 2.18. The second-order valence-corrected chi connectivity index (χ2v) is 3.35. The summed E-state index contributed by atoms with van der Waals surface area (Å²) in [6, 6.07) is 5.59. The SMILES string of the molecule is CCc1cc(C#CCN)ccc1NC(=O)OC. The van der Waals surface area contributed by atoms with E-state index < -0.39 is 6.09 Å². The van der Waals surface area contributed by atoms with Gasteiger partial charge in [0.25, 0.3) is 0 Å². The van der Waals surface area contributed by atoms with Gasteiger partial charge in [0.05, 0.1) is 13.7 Å². The van der Waals surface area contributed by atoms with Crippen LogP contribution in [0.5, 0.6) is 0 Å². The molecule has 0 saturated carbocycles. The molecule has 0 atom stereocenters. The summed E-state index contributed by atoms with van der Waals surface area (Å²) in [5.41, 5.74) is 7.97.